The molecule has 0 fully saturated rings. The predicted octanol–water partition coefficient (Wildman–Crippen LogP) is 2.39. The second-order valence-corrected chi connectivity index (χ2v) is 6.83. The Morgan fingerprint density at radius 3 is 2.04 bits per heavy atom. The van der Waals surface area contributed by atoms with E-state index in [9.17, 15) is 9.59 Å². The Morgan fingerprint density at radius 2 is 1.52 bits per heavy atom. The first-order chi connectivity index (χ1) is 13.0. The van der Waals surface area contributed by atoms with Crippen molar-refractivity contribution in [2.24, 2.45) is 5.92 Å². The Labute approximate surface area is 161 Å². The summed E-state index contributed by atoms with van der Waals surface area (Å²) in [6.45, 7) is 4.07. The molecule has 0 aliphatic heterocycles. The summed E-state index contributed by atoms with van der Waals surface area (Å²) in [5.74, 6) is -0.547. The van der Waals surface area contributed by atoms with E-state index in [0.29, 0.717) is 13.0 Å². The molecule has 5 heteroatoms. The lowest BCUT2D eigenvalue weighted by Gasteiger charge is -2.32. The van der Waals surface area contributed by atoms with Crippen LogP contribution in [0.2, 0.25) is 0 Å². The summed E-state index contributed by atoms with van der Waals surface area (Å²) in [4.78, 5) is 27.5. The van der Waals surface area contributed by atoms with E-state index >= 15 is 0 Å². The van der Waals surface area contributed by atoms with Crippen molar-refractivity contribution in [3.8, 4) is 0 Å². The van der Waals surface area contributed by atoms with Gasteiger partial charge in [0.1, 0.15) is 6.04 Å². The molecule has 1 atom stereocenters. The predicted molar refractivity (Wildman–Crippen MR) is 106 cm³/mol. The maximum Gasteiger partial charge on any atom is 0.243 e. The minimum absolute atomic E-state index is 0.0704. The third-order valence-corrected chi connectivity index (χ3v) is 4.33. The van der Waals surface area contributed by atoms with Gasteiger partial charge in [0, 0.05) is 25.4 Å². The van der Waals surface area contributed by atoms with Crippen LogP contribution >= 0.6 is 0 Å². The zero-order valence-electron chi connectivity index (χ0n) is 16.0. The van der Waals surface area contributed by atoms with E-state index in [1.165, 1.54) is 0 Å². The van der Waals surface area contributed by atoms with Crippen LogP contribution in [0.5, 0.6) is 0 Å². The summed E-state index contributed by atoms with van der Waals surface area (Å²) in [7, 11) is 0. The topological polar surface area (TPSA) is 69.6 Å². The van der Waals surface area contributed by atoms with Crippen LogP contribution in [0.4, 0.5) is 0 Å². The summed E-state index contributed by atoms with van der Waals surface area (Å²) in [5, 5.41) is 11.8. The van der Waals surface area contributed by atoms with E-state index in [4.69, 9.17) is 5.11 Å². The lowest BCUT2D eigenvalue weighted by molar-refractivity contribution is -0.143. The Bertz CT molecular complexity index is 717. The molecule has 2 N–H and O–H groups in total. The third kappa shape index (κ3) is 6.22. The lowest BCUT2D eigenvalue weighted by Crippen LogP contribution is -2.52. The van der Waals surface area contributed by atoms with Crippen LogP contribution in [-0.4, -0.2) is 41.0 Å². The van der Waals surface area contributed by atoms with Crippen LogP contribution in [0, 0.1) is 5.92 Å². The number of aliphatic hydroxyl groups excluding tert-OH is 1. The number of carbonyl (C=O) groups excluding carboxylic acids is 2. The summed E-state index contributed by atoms with van der Waals surface area (Å²) in [6, 6.07) is 18.7. The quantitative estimate of drug-likeness (QED) is 0.714. The molecule has 0 heterocycles. The van der Waals surface area contributed by atoms with Gasteiger partial charge in [-0.2, -0.15) is 0 Å². The van der Waals surface area contributed by atoms with E-state index in [2.05, 4.69) is 5.32 Å². The number of benzene rings is 2. The molecule has 0 aromatic heterocycles. The van der Waals surface area contributed by atoms with Gasteiger partial charge in [-0.3, -0.25) is 9.59 Å². The molecule has 2 amide bonds. The minimum Gasteiger partial charge on any atom is -0.395 e. The maximum atomic E-state index is 13.0. The normalized spacial score (nSPS) is 11.9. The minimum atomic E-state index is -0.644. The highest BCUT2D eigenvalue weighted by Gasteiger charge is 2.31. The van der Waals surface area contributed by atoms with Crippen LogP contribution in [0.1, 0.15) is 25.0 Å². The average molecular weight is 368 g/mol. The Morgan fingerprint density at radius 1 is 0.963 bits per heavy atom. The molecule has 2 rings (SSSR count). The second kappa shape index (κ2) is 10.5. The molecule has 2 aromatic carbocycles. The maximum absolute atomic E-state index is 13.0. The smallest absolute Gasteiger partial charge is 0.243 e. The first-order valence-electron chi connectivity index (χ1n) is 9.29. The van der Waals surface area contributed by atoms with Crippen LogP contribution < -0.4 is 5.32 Å². The van der Waals surface area contributed by atoms with E-state index in [1.54, 1.807) is 4.90 Å². The van der Waals surface area contributed by atoms with Crippen molar-refractivity contribution in [1.82, 2.24) is 10.2 Å². The van der Waals surface area contributed by atoms with Crippen LogP contribution in [-0.2, 0) is 22.6 Å². The van der Waals surface area contributed by atoms with Crippen LogP contribution in [0.3, 0.4) is 0 Å². The molecule has 0 saturated heterocycles. The number of amides is 2. The molecule has 0 radical (unpaired) electrons. The van der Waals surface area contributed by atoms with Crippen molar-refractivity contribution in [3.05, 3.63) is 71.8 Å². The number of hydrogen-bond donors (Lipinski definition) is 2. The molecule has 0 bridgehead atoms. The van der Waals surface area contributed by atoms with Gasteiger partial charge in [0.15, 0.2) is 0 Å². The number of rotatable bonds is 9. The molecule has 0 spiro atoms. The highest BCUT2D eigenvalue weighted by Crippen LogP contribution is 2.17. The monoisotopic (exact) mass is 368 g/mol. The lowest BCUT2D eigenvalue weighted by atomic mass is 10.0. The van der Waals surface area contributed by atoms with Crippen molar-refractivity contribution in [2.75, 3.05) is 13.2 Å². The van der Waals surface area contributed by atoms with E-state index in [-0.39, 0.29) is 30.9 Å². The number of carbonyl (C=O) groups is 2. The van der Waals surface area contributed by atoms with Gasteiger partial charge in [-0.1, -0.05) is 74.5 Å². The summed E-state index contributed by atoms with van der Waals surface area (Å²) in [6.07, 6.45) is 0.420. The first kappa shape index (κ1) is 20.6. The first-order valence-corrected chi connectivity index (χ1v) is 9.29. The van der Waals surface area contributed by atoms with Crippen molar-refractivity contribution in [3.63, 3.8) is 0 Å². The number of hydrogen-bond acceptors (Lipinski definition) is 3. The van der Waals surface area contributed by atoms with Crippen molar-refractivity contribution in [1.29, 1.82) is 0 Å². The Balaban J connectivity index is 2.34. The summed E-state index contributed by atoms with van der Waals surface area (Å²) >= 11 is 0. The molecule has 0 saturated carbocycles. The zero-order chi connectivity index (χ0) is 19.6. The average Bonchev–Trinajstić information content (AvgIpc) is 2.69. The standard InChI is InChI=1S/C22H28N2O3/c1-17(2)22(27)24(16-19-11-7-4-8-12-19)20(21(26)23-13-14-25)15-18-9-5-3-6-10-18/h3-12,17,20,25H,13-16H2,1-2H3,(H,23,26). The van der Waals surface area contributed by atoms with Gasteiger partial charge in [0.25, 0.3) is 0 Å². The van der Waals surface area contributed by atoms with Crippen molar-refractivity contribution >= 4 is 11.8 Å². The molecule has 0 aliphatic rings. The molecule has 144 valence electrons. The van der Waals surface area contributed by atoms with Gasteiger partial charge < -0.3 is 15.3 Å². The largest absolute Gasteiger partial charge is 0.395 e. The fourth-order valence-electron chi connectivity index (χ4n) is 2.93. The van der Waals surface area contributed by atoms with Gasteiger partial charge >= 0.3 is 0 Å². The highest BCUT2D eigenvalue weighted by molar-refractivity contribution is 5.88. The van der Waals surface area contributed by atoms with E-state index in [0.717, 1.165) is 11.1 Å². The molecular formula is C22H28N2O3. The van der Waals surface area contributed by atoms with E-state index < -0.39 is 6.04 Å². The van der Waals surface area contributed by atoms with Crippen molar-refractivity contribution < 1.29 is 14.7 Å². The van der Waals surface area contributed by atoms with Gasteiger partial charge in [0.2, 0.25) is 11.8 Å². The van der Waals surface area contributed by atoms with Gasteiger partial charge in [-0.05, 0) is 11.1 Å². The highest BCUT2D eigenvalue weighted by atomic mass is 16.3. The SMILES string of the molecule is CC(C)C(=O)N(Cc1ccccc1)C(Cc1ccccc1)C(=O)NCCO. The van der Waals surface area contributed by atoms with Gasteiger partial charge in [-0.15, -0.1) is 0 Å². The molecule has 5 nitrogen and oxygen atoms in total. The third-order valence-electron chi connectivity index (χ3n) is 4.33. The zero-order valence-corrected chi connectivity index (χ0v) is 16.0. The van der Waals surface area contributed by atoms with Gasteiger partial charge in [-0.25, -0.2) is 0 Å². The second-order valence-electron chi connectivity index (χ2n) is 6.83. The van der Waals surface area contributed by atoms with Crippen LogP contribution in [0.25, 0.3) is 0 Å². The number of aliphatic hydroxyl groups is 1. The Kier molecular flexibility index (Phi) is 8.01. The molecule has 2 aromatic rings. The number of nitrogens with one attached hydrogen (secondary N) is 1. The van der Waals surface area contributed by atoms with Crippen molar-refractivity contribution in [2.45, 2.75) is 32.9 Å². The number of nitrogens with zero attached hydrogens (tertiary/aromatic N) is 1. The molecule has 1 unspecified atom stereocenters. The molecule has 0 aliphatic carbocycles. The molecular weight excluding hydrogens is 340 g/mol. The fourth-order valence-corrected chi connectivity index (χ4v) is 2.93. The van der Waals surface area contributed by atoms with Gasteiger partial charge in [0.05, 0.1) is 6.61 Å². The van der Waals surface area contributed by atoms with E-state index in [1.807, 2.05) is 74.5 Å². The van der Waals surface area contributed by atoms with Crippen LogP contribution in [0.15, 0.2) is 60.7 Å². The summed E-state index contributed by atoms with van der Waals surface area (Å²) in [5.41, 5.74) is 1.95. The summed E-state index contributed by atoms with van der Waals surface area (Å²) < 4.78 is 0. The fraction of sp³-hybridized carbons (Fsp3) is 0.364. The molecule has 27 heavy (non-hydrogen) atoms. The Hall–Kier alpha value is -2.66.